The highest BCUT2D eigenvalue weighted by molar-refractivity contribution is 6.05. The summed E-state index contributed by atoms with van der Waals surface area (Å²) in [6.07, 6.45) is 2.05. The second-order valence-electron chi connectivity index (χ2n) is 8.71. The predicted molar refractivity (Wildman–Crippen MR) is 117 cm³/mol. The summed E-state index contributed by atoms with van der Waals surface area (Å²) in [4.78, 5) is 52.7. The number of rotatable bonds is 5. The Kier molecular flexibility index (Phi) is 5.84. The fourth-order valence-corrected chi connectivity index (χ4v) is 4.45. The minimum Gasteiger partial charge on any atom is -0.378 e. The number of carbonyl (C=O) groups excluding carboxylic acids is 4. The van der Waals surface area contributed by atoms with E-state index in [0.29, 0.717) is 37.4 Å². The lowest BCUT2D eigenvalue weighted by molar-refractivity contribution is -0.136. The molecule has 2 unspecified atom stereocenters. The van der Waals surface area contributed by atoms with E-state index in [1.807, 2.05) is 7.05 Å². The molecule has 12 nitrogen and oxygen atoms in total. The molecule has 0 aliphatic carbocycles. The third kappa shape index (κ3) is 4.17. The molecule has 0 spiro atoms. The van der Waals surface area contributed by atoms with Crippen LogP contribution in [-0.2, 0) is 20.9 Å². The first-order valence-electron chi connectivity index (χ1n) is 11.2. The summed E-state index contributed by atoms with van der Waals surface area (Å²) in [5.41, 5.74) is 2.07. The van der Waals surface area contributed by atoms with Gasteiger partial charge >= 0.3 is 0 Å². The maximum Gasteiger partial charge on any atom is 0.273 e. The first-order chi connectivity index (χ1) is 16.4. The quantitative estimate of drug-likeness (QED) is 0.539. The first-order valence-corrected chi connectivity index (χ1v) is 11.2. The van der Waals surface area contributed by atoms with E-state index in [9.17, 15) is 19.2 Å². The molecule has 12 heteroatoms. The summed E-state index contributed by atoms with van der Waals surface area (Å²) in [5, 5.41) is 13.2. The van der Waals surface area contributed by atoms with Crippen LogP contribution in [0.2, 0.25) is 0 Å². The summed E-state index contributed by atoms with van der Waals surface area (Å²) in [7, 11) is 2.00. The van der Waals surface area contributed by atoms with Gasteiger partial charge in [0.25, 0.3) is 11.8 Å². The molecule has 4 heterocycles. The molecule has 2 N–H and O–H groups in total. The van der Waals surface area contributed by atoms with Gasteiger partial charge < -0.3 is 15.0 Å². The Morgan fingerprint density at radius 1 is 1.29 bits per heavy atom. The van der Waals surface area contributed by atoms with Crippen LogP contribution in [0.1, 0.15) is 39.3 Å². The van der Waals surface area contributed by atoms with Crippen LogP contribution in [-0.4, -0.2) is 93.9 Å². The molecule has 2 fully saturated rings. The van der Waals surface area contributed by atoms with E-state index in [1.165, 1.54) is 15.8 Å². The lowest BCUT2D eigenvalue weighted by atomic mass is 10.0. The summed E-state index contributed by atoms with van der Waals surface area (Å²) in [6.45, 7) is 2.77. The van der Waals surface area contributed by atoms with Gasteiger partial charge in [-0.15, -0.1) is 5.10 Å². The number of ether oxygens (including phenoxy) is 1. The molecule has 5 rings (SSSR count). The van der Waals surface area contributed by atoms with Gasteiger partial charge in [-0.3, -0.25) is 29.4 Å². The van der Waals surface area contributed by atoms with Gasteiger partial charge in [-0.25, -0.2) is 4.68 Å². The SMILES string of the molecule is CN1CCOCC1CNC(=O)c1cn(-c2ccc3c(c2)CN(C2CCC(=O)NC2=O)C3=O)nn1. The molecule has 0 radical (unpaired) electrons. The summed E-state index contributed by atoms with van der Waals surface area (Å²) < 4.78 is 6.94. The minimum absolute atomic E-state index is 0.106. The Hall–Kier alpha value is -3.64. The molecule has 0 saturated carbocycles. The topological polar surface area (TPSA) is 139 Å². The van der Waals surface area contributed by atoms with Crippen LogP contribution < -0.4 is 10.6 Å². The van der Waals surface area contributed by atoms with E-state index in [2.05, 4.69) is 25.8 Å². The standard InChI is InChI=1S/C22H25N7O5/c1-27-6-7-34-12-15(27)9-23-20(31)17-11-29(26-25-17)14-2-3-16-13(8-14)10-28(22(16)33)18-4-5-19(30)24-21(18)32/h2-3,8,11,15,18H,4-7,9-10,12H2,1H3,(H,23,31)(H,24,30,32). The number of piperidine rings is 1. The molecule has 1 aromatic carbocycles. The molecule has 3 aliphatic heterocycles. The number of nitrogens with zero attached hydrogens (tertiary/aromatic N) is 5. The number of likely N-dealkylation sites (N-methyl/N-ethyl adjacent to an activating group) is 1. The van der Waals surface area contributed by atoms with Crippen molar-refractivity contribution in [3.8, 4) is 5.69 Å². The number of amides is 4. The van der Waals surface area contributed by atoms with Crippen LogP contribution in [0.3, 0.4) is 0 Å². The summed E-state index contributed by atoms with van der Waals surface area (Å²) in [6, 6.07) is 4.63. The lowest BCUT2D eigenvalue weighted by Crippen LogP contribution is -2.52. The molecule has 2 atom stereocenters. The van der Waals surface area contributed by atoms with Crippen molar-refractivity contribution in [3.63, 3.8) is 0 Å². The Morgan fingerprint density at radius 3 is 2.94 bits per heavy atom. The first kappa shape index (κ1) is 22.2. The minimum atomic E-state index is -0.670. The molecule has 2 saturated heterocycles. The maximum atomic E-state index is 12.9. The van der Waals surface area contributed by atoms with Gasteiger partial charge in [-0.1, -0.05) is 5.21 Å². The zero-order valence-electron chi connectivity index (χ0n) is 18.7. The van der Waals surface area contributed by atoms with Crippen LogP contribution in [0.25, 0.3) is 5.69 Å². The van der Waals surface area contributed by atoms with Crippen molar-refractivity contribution in [1.82, 2.24) is 35.4 Å². The van der Waals surface area contributed by atoms with Gasteiger partial charge in [0.2, 0.25) is 11.8 Å². The Balaban J connectivity index is 1.26. The number of hydrogen-bond acceptors (Lipinski definition) is 8. The molecule has 2 aromatic rings. The highest BCUT2D eigenvalue weighted by Gasteiger charge is 2.39. The van der Waals surface area contributed by atoms with Crippen molar-refractivity contribution in [1.29, 1.82) is 0 Å². The summed E-state index contributed by atoms with van der Waals surface area (Å²) >= 11 is 0. The lowest BCUT2D eigenvalue weighted by Gasteiger charge is -2.32. The van der Waals surface area contributed by atoms with Crippen molar-refractivity contribution >= 4 is 23.6 Å². The number of fused-ring (bicyclic) bond motifs is 1. The van der Waals surface area contributed by atoms with E-state index in [0.717, 1.165) is 12.1 Å². The van der Waals surface area contributed by atoms with Gasteiger partial charge in [-0.05, 0) is 37.2 Å². The number of nitrogens with one attached hydrogen (secondary N) is 2. The fraction of sp³-hybridized carbons (Fsp3) is 0.455. The van der Waals surface area contributed by atoms with Crippen molar-refractivity contribution in [2.75, 3.05) is 33.4 Å². The van der Waals surface area contributed by atoms with Crippen molar-refractivity contribution < 1.29 is 23.9 Å². The molecular formula is C22H25N7O5. The van der Waals surface area contributed by atoms with Crippen LogP contribution >= 0.6 is 0 Å². The van der Waals surface area contributed by atoms with Gasteiger partial charge in [0.1, 0.15) is 6.04 Å². The third-order valence-electron chi connectivity index (χ3n) is 6.52. The molecular weight excluding hydrogens is 442 g/mol. The molecule has 178 valence electrons. The van der Waals surface area contributed by atoms with Gasteiger partial charge in [0.05, 0.1) is 31.1 Å². The highest BCUT2D eigenvalue weighted by atomic mass is 16.5. The molecule has 34 heavy (non-hydrogen) atoms. The number of benzene rings is 1. The van der Waals surface area contributed by atoms with Gasteiger partial charge in [0.15, 0.2) is 5.69 Å². The van der Waals surface area contributed by atoms with Crippen LogP contribution in [0.15, 0.2) is 24.4 Å². The zero-order chi connectivity index (χ0) is 23.8. The smallest absolute Gasteiger partial charge is 0.273 e. The second kappa shape index (κ2) is 8.95. The van der Waals surface area contributed by atoms with Crippen molar-refractivity contribution in [2.24, 2.45) is 0 Å². The second-order valence-corrected chi connectivity index (χ2v) is 8.71. The van der Waals surface area contributed by atoms with E-state index >= 15 is 0 Å². The van der Waals surface area contributed by atoms with E-state index in [4.69, 9.17) is 4.74 Å². The average Bonchev–Trinajstić information content (AvgIpc) is 3.44. The molecule has 3 aliphatic rings. The average molecular weight is 467 g/mol. The summed E-state index contributed by atoms with van der Waals surface area (Å²) in [5.74, 6) is -1.34. The van der Waals surface area contributed by atoms with Crippen molar-refractivity contribution in [2.45, 2.75) is 31.5 Å². The largest absolute Gasteiger partial charge is 0.378 e. The number of imide groups is 1. The monoisotopic (exact) mass is 467 g/mol. The normalized spacial score (nSPS) is 23.1. The highest BCUT2D eigenvalue weighted by Crippen LogP contribution is 2.29. The van der Waals surface area contributed by atoms with E-state index in [1.54, 1.807) is 18.2 Å². The number of carbonyl (C=O) groups is 4. The Labute approximate surface area is 195 Å². The molecule has 1 aromatic heterocycles. The Morgan fingerprint density at radius 2 is 2.15 bits per heavy atom. The van der Waals surface area contributed by atoms with E-state index < -0.39 is 11.9 Å². The predicted octanol–water partition coefficient (Wildman–Crippen LogP) is -0.911. The molecule has 4 amide bonds. The van der Waals surface area contributed by atoms with Crippen LogP contribution in [0.4, 0.5) is 0 Å². The Bertz CT molecular complexity index is 1160. The van der Waals surface area contributed by atoms with Crippen LogP contribution in [0.5, 0.6) is 0 Å². The van der Waals surface area contributed by atoms with Gasteiger partial charge in [0, 0.05) is 31.6 Å². The van der Waals surface area contributed by atoms with Crippen molar-refractivity contribution in [3.05, 3.63) is 41.2 Å². The number of morpholine rings is 1. The number of aromatic nitrogens is 3. The van der Waals surface area contributed by atoms with Crippen LogP contribution in [0, 0.1) is 0 Å². The van der Waals surface area contributed by atoms with Gasteiger partial charge in [-0.2, -0.15) is 0 Å². The van der Waals surface area contributed by atoms with E-state index in [-0.39, 0.29) is 42.4 Å². The number of hydrogen-bond donors (Lipinski definition) is 2. The fourth-order valence-electron chi connectivity index (χ4n) is 4.45. The zero-order valence-corrected chi connectivity index (χ0v) is 18.7. The molecule has 0 bridgehead atoms. The third-order valence-corrected chi connectivity index (χ3v) is 6.52. The maximum absolute atomic E-state index is 12.9.